The van der Waals surface area contributed by atoms with Crippen molar-refractivity contribution < 1.29 is 9.52 Å². The van der Waals surface area contributed by atoms with Crippen LogP contribution >= 0.6 is 0 Å². The molecule has 3 nitrogen and oxygen atoms in total. The number of rotatable bonds is 6. The van der Waals surface area contributed by atoms with Crippen LogP contribution in [0.2, 0.25) is 0 Å². The van der Waals surface area contributed by atoms with Crippen LogP contribution in [0.1, 0.15) is 11.1 Å². The van der Waals surface area contributed by atoms with Crippen LogP contribution in [-0.2, 0) is 13.0 Å². The summed E-state index contributed by atoms with van der Waals surface area (Å²) in [5.41, 5.74) is 3.38. The molecule has 0 aliphatic carbocycles. The van der Waals surface area contributed by atoms with E-state index in [-0.39, 0.29) is 12.6 Å². The number of fused-ring (bicyclic) bond motifs is 1. The summed E-state index contributed by atoms with van der Waals surface area (Å²) in [7, 11) is 2.06. The second-order valence-electron chi connectivity index (χ2n) is 5.73. The number of hydrogen-bond acceptors (Lipinski definition) is 3. The fraction of sp³-hybridized carbons (Fsp3) is 0.263. The van der Waals surface area contributed by atoms with Gasteiger partial charge in [-0.1, -0.05) is 36.4 Å². The summed E-state index contributed by atoms with van der Waals surface area (Å²) >= 11 is 0. The highest BCUT2D eigenvalue weighted by atomic mass is 16.3. The van der Waals surface area contributed by atoms with Crippen LogP contribution in [0.3, 0.4) is 0 Å². The van der Waals surface area contributed by atoms with Gasteiger partial charge >= 0.3 is 0 Å². The average Bonchev–Trinajstić information content (AvgIpc) is 3.01. The van der Waals surface area contributed by atoms with Gasteiger partial charge in [0.2, 0.25) is 0 Å². The second-order valence-corrected chi connectivity index (χ2v) is 5.73. The minimum atomic E-state index is 0.101. The highest BCUT2D eigenvalue weighted by Gasteiger charge is 2.15. The zero-order valence-corrected chi connectivity index (χ0v) is 12.8. The van der Waals surface area contributed by atoms with E-state index in [1.165, 1.54) is 11.1 Å². The van der Waals surface area contributed by atoms with Crippen LogP contribution < -0.4 is 0 Å². The molecule has 1 unspecified atom stereocenters. The van der Waals surface area contributed by atoms with Crippen molar-refractivity contribution in [3.8, 4) is 0 Å². The van der Waals surface area contributed by atoms with Crippen molar-refractivity contribution in [1.82, 2.24) is 4.90 Å². The summed E-state index contributed by atoms with van der Waals surface area (Å²) in [6.45, 7) is 0.979. The molecule has 0 spiro atoms. The molecule has 0 fully saturated rings. The fourth-order valence-electron chi connectivity index (χ4n) is 2.78. The molecule has 1 heterocycles. The Morgan fingerprint density at radius 1 is 1.05 bits per heavy atom. The number of benzene rings is 2. The Morgan fingerprint density at radius 3 is 2.64 bits per heavy atom. The van der Waals surface area contributed by atoms with Crippen molar-refractivity contribution in [3.63, 3.8) is 0 Å². The maximum absolute atomic E-state index is 9.75. The molecular weight excluding hydrogens is 274 g/mol. The monoisotopic (exact) mass is 295 g/mol. The molecule has 114 valence electrons. The van der Waals surface area contributed by atoms with Gasteiger partial charge in [0.1, 0.15) is 5.58 Å². The van der Waals surface area contributed by atoms with Gasteiger partial charge in [-0.05, 0) is 42.8 Å². The molecular formula is C19H21NO2. The number of nitrogens with zero attached hydrogens (tertiary/aromatic N) is 1. The van der Waals surface area contributed by atoms with E-state index in [4.69, 9.17) is 4.42 Å². The van der Waals surface area contributed by atoms with Gasteiger partial charge in [0.05, 0.1) is 12.9 Å². The molecule has 0 bridgehead atoms. The summed E-state index contributed by atoms with van der Waals surface area (Å²) in [5.74, 6) is 0. The molecule has 0 saturated heterocycles. The summed E-state index contributed by atoms with van der Waals surface area (Å²) < 4.78 is 5.37. The Hall–Kier alpha value is -2.10. The zero-order valence-electron chi connectivity index (χ0n) is 12.8. The van der Waals surface area contributed by atoms with Crippen LogP contribution in [0.4, 0.5) is 0 Å². The summed E-state index contributed by atoms with van der Waals surface area (Å²) in [5, 5.41) is 10.9. The number of aliphatic hydroxyl groups is 1. The zero-order chi connectivity index (χ0) is 15.4. The Balaban J connectivity index is 1.70. The maximum atomic E-state index is 9.75. The molecule has 3 aromatic rings. The third-order valence-corrected chi connectivity index (χ3v) is 4.10. The minimum Gasteiger partial charge on any atom is -0.464 e. The third kappa shape index (κ3) is 3.38. The van der Waals surface area contributed by atoms with Crippen molar-refractivity contribution in [2.24, 2.45) is 0 Å². The molecule has 3 rings (SSSR count). The molecule has 0 aliphatic heterocycles. The first-order valence-electron chi connectivity index (χ1n) is 7.57. The summed E-state index contributed by atoms with van der Waals surface area (Å²) in [6.07, 6.45) is 2.53. The van der Waals surface area contributed by atoms with Crippen LogP contribution in [0.5, 0.6) is 0 Å². The number of hydrogen-bond donors (Lipinski definition) is 1. The first-order valence-corrected chi connectivity index (χ1v) is 7.57. The van der Waals surface area contributed by atoms with Crippen LogP contribution in [-0.4, -0.2) is 29.7 Å². The molecule has 3 heteroatoms. The van der Waals surface area contributed by atoms with E-state index in [1.54, 1.807) is 6.26 Å². The van der Waals surface area contributed by atoms with E-state index >= 15 is 0 Å². The molecule has 0 amide bonds. The van der Waals surface area contributed by atoms with Crippen LogP contribution in [0.15, 0.2) is 65.3 Å². The Morgan fingerprint density at radius 2 is 1.86 bits per heavy atom. The van der Waals surface area contributed by atoms with Gasteiger partial charge in [0.15, 0.2) is 0 Å². The summed E-state index contributed by atoms with van der Waals surface area (Å²) in [6, 6.07) is 18.6. The smallest absolute Gasteiger partial charge is 0.133 e. The molecule has 1 aromatic heterocycles. The van der Waals surface area contributed by atoms with Gasteiger partial charge in [0, 0.05) is 18.0 Å². The number of likely N-dealkylation sites (N-methyl/N-ethyl adjacent to an activating group) is 1. The SMILES string of the molecule is CN(Cc1ccccc1)C(CO)Cc1ccc2occc2c1. The second kappa shape index (κ2) is 6.77. The Kier molecular flexibility index (Phi) is 4.56. The lowest BCUT2D eigenvalue weighted by molar-refractivity contribution is 0.141. The lowest BCUT2D eigenvalue weighted by atomic mass is 10.0. The standard InChI is InChI=1S/C19H21NO2/c1-20(13-15-5-3-2-4-6-15)18(14-21)12-16-7-8-19-17(11-16)9-10-22-19/h2-11,18,21H,12-14H2,1H3. The average molecular weight is 295 g/mol. The predicted octanol–water partition coefficient (Wildman–Crippen LogP) is 3.47. The topological polar surface area (TPSA) is 36.6 Å². The number of aliphatic hydroxyl groups excluding tert-OH is 1. The summed E-state index contributed by atoms with van der Waals surface area (Å²) in [4.78, 5) is 2.20. The Labute approximate surface area is 130 Å². The van der Waals surface area contributed by atoms with Gasteiger partial charge in [-0.2, -0.15) is 0 Å². The fourth-order valence-corrected chi connectivity index (χ4v) is 2.78. The van der Waals surface area contributed by atoms with Crippen molar-refractivity contribution in [1.29, 1.82) is 0 Å². The first kappa shape index (κ1) is 14.8. The molecule has 1 atom stereocenters. The van der Waals surface area contributed by atoms with E-state index in [1.807, 2.05) is 30.3 Å². The van der Waals surface area contributed by atoms with Gasteiger partial charge in [-0.15, -0.1) is 0 Å². The lowest BCUT2D eigenvalue weighted by Crippen LogP contribution is -2.36. The highest BCUT2D eigenvalue weighted by Crippen LogP contribution is 2.19. The molecule has 0 saturated carbocycles. The predicted molar refractivity (Wildman–Crippen MR) is 88.7 cm³/mol. The molecule has 0 aliphatic rings. The largest absolute Gasteiger partial charge is 0.464 e. The maximum Gasteiger partial charge on any atom is 0.133 e. The first-order chi connectivity index (χ1) is 10.8. The quantitative estimate of drug-likeness (QED) is 0.756. The van der Waals surface area contributed by atoms with E-state index < -0.39 is 0 Å². The third-order valence-electron chi connectivity index (χ3n) is 4.10. The molecule has 1 N–H and O–H groups in total. The van der Waals surface area contributed by atoms with Crippen molar-refractivity contribution >= 4 is 11.0 Å². The Bertz CT molecular complexity index is 720. The van der Waals surface area contributed by atoms with Crippen molar-refractivity contribution in [2.75, 3.05) is 13.7 Å². The number of furan rings is 1. The van der Waals surface area contributed by atoms with Crippen LogP contribution in [0, 0.1) is 0 Å². The van der Waals surface area contributed by atoms with E-state index in [2.05, 4.69) is 36.2 Å². The lowest BCUT2D eigenvalue weighted by Gasteiger charge is -2.26. The van der Waals surface area contributed by atoms with Gasteiger partial charge in [0.25, 0.3) is 0 Å². The molecule has 2 aromatic carbocycles. The van der Waals surface area contributed by atoms with Crippen LogP contribution in [0.25, 0.3) is 11.0 Å². The van der Waals surface area contributed by atoms with Gasteiger partial charge in [-0.3, -0.25) is 4.90 Å². The van der Waals surface area contributed by atoms with E-state index in [0.717, 1.165) is 23.9 Å². The van der Waals surface area contributed by atoms with Gasteiger partial charge in [-0.25, -0.2) is 0 Å². The van der Waals surface area contributed by atoms with Crippen molar-refractivity contribution in [3.05, 3.63) is 72.0 Å². The molecule has 0 radical (unpaired) electrons. The minimum absolute atomic E-state index is 0.101. The van der Waals surface area contributed by atoms with E-state index in [0.29, 0.717) is 0 Å². The normalized spacial score (nSPS) is 12.9. The highest BCUT2D eigenvalue weighted by molar-refractivity contribution is 5.77. The van der Waals surface area contributed by atoms with E-state index in [9.17, 15) is 5.11 Å². The van der Waals surface area contributed by atoms with Crippen molar-refractivity contribution in [2.45, 2.75) is 19.0 Å². The molecule has 22 heavy (non-hydrogen) atoms. The van der Waals surface area contributed by atoms with Gasteiger partial charge < -0.3 is 9.52 Å².